The fourth-order valence-corrected chi connectivity index (χ4v) is 2.88. The Morgan fingerprint density at radius 2 is 1.93 bits per heavy atom. The maximum Gasteiger partial charge on any atom is 0.226 e. The summed E-state index contributed by atoms with van der Waals surface area (Å²) in [5, 5.41) is 8.94. The van der Waals surface area contributed by atoms with Crippen LogP contribution in [0.4, 0.5) is 0 Å². The minimum Gasteiger partial charge on any atom is -0.395 e. The molecule has 0 heterocycles. The van der Waals surface area contributed by atoms with E-state index in [0.29, 0.717) is 6.54 Å². The SMILES string of the molecule is CC(C)N(CCO)C(=O)C1CC2CC2C1. The van der Waals surface area contributed by atoms with E-state index in [4.69, 9.17) is 5.11 Å². The first-order chi connectivity index (χ1) is 7.13. The van der Waals surface area contributed by atoms with Gasteiger partial charge in [-0.2, -0.15) is 0 Å². The second-order valence-electron chi connectivity index (χ2n) is 5.27. The minimum absolute atomic E-state index is 0.0729. The van der Waals surface area contributed by atoms with E-state index in [1.807, 2.05) is 18.7 Å². The van der Waals surface area contributed by atoms with Crippen LogP contribution in [-0.4, -0.2) is 35.1 Å². The first-order valence-electron chi connectivity index (χ1n) is 6.04. The second-order valence-corrected chi connectivity index (χ2v) is 5.27. The number of hydrogen-bond donors (Lipinski definition) is 1. The standard InChI is InChI=1S/C12H21NO2/c1-8(2)13(3-4-14)12(15)11-6-9-5-10(9)7-11/h8-11,14H,3-7H2,1-2H3. The molecule has 0 spiro atoms. The molecule has 0 aromatic heterocycles. The minimum atomic E-state index is 0.0729. The predicted octanol–water partition coefficient (Wildman–Crippen LogP) is 1.26. The zero-order valence-corrected chi connectivity index (χ0v) is 9.65. The fraction of sp³-hybridized carbons (Fsp3) is 0.917. The lowest BCUT2D eigenvalue weighted by Gasteiger charge is -2.29. The summed E-state index contributed by atoms with van der Waals surface area (Å²) in [4.78, 5) is 14.0. The highest BCUT2D eigenvalue weighted by molar-refractivity contribution is 5.79. The smallest absolute Gasteiger partial charge is 0.226 e. The summed E-state index contributed by atoms with van der Waals surface area (Å²) >= 11 is 0. The van der Waals surface area contributed by atoms with E-state index < -0.39 is 0 Å². The molecular weight excluding hydrogens is 190 g/mol. The number of nitrogens with zero attached hydrogens (tertiary/aromatic N) is 1. The molecule has 0 radical (unpaired) electrons. The van der Waals surface area contributed by atoms with Crippen molar-refractivity contribution in [1.82, 2.24) is 4.90 Å². The molecule has 3 nitrogen and oxygen atoms in total. The molecule has 1 amide bonds. The molecule has 0 aromatic rings. The van der Waals surface area contributed by atoms with Gasteiger partial charge in [0.05, 0.1) is 6.61 Å². The molecule has 2 rings (SSSR count). The lowest BCUT2D eigenvalue weighted by Crippen LogP contribution is -2.42. The first-order valence-corrected chi connectivity index (χ1v) is 6.04. The molecule has 2 fully saturated rings. The lowest BCUT2D eigenvalue weighted by atomic mass is 10.0. The van der Waals surface area contributed by atoms with Crippen LogP contribution in [0.15, 0.2) is 0 Å². The molecule has 2 saturated carbocycles. The Morgan fingerprint density at radius 3 is 2.40 bits per heavy atom. The summed E-state index contributed by atoms with van der Waals surface area (Å²) in [5.74, 6) is 2.22. The van der Waals surface area contributed by atoms with Gasteiger partial charge in [0.2, 0.25) is 5.91 Å². The van der Waals surface area contributed by atoms with Crippen LogP contribution in [-0.2, 0) is 4.79 Å². The van der Waals surface area contributed by atoms with Crippen molar-refractivity contribution in [2.45, 2.75) is 39.2 Å². The number of carbonyl (C=O) groups excluding carboxylic acids is 1. The maximum atomic E-state index is 12.2. The Hall–Kier alpha value is -0.570. The average Bonchev–Trinajstić information content (AvgIpc) is 2.81. The van der Waals surface area contributed by atoms with E-state index in [-0.39, 0.29) is 24.5 Å². The van der Waals surface area contributed by atoms with Crippen molar-refractivity contribution in [1.29, 1.82) is 0 Å². The lowest BCUT2D eigenvalue weighted by molar-refractivity contribution is -0.138. The van der Waals surface area contributed by atoms with Gasteiger partial charge in [-0.3, -0.25) is 4.79 Å². The molecule has 0 saturated heterocycles. The van der Waals surface area contributed by atoms with Gasteiger partial charge in [-0.15, -0.1) is 0 Å². The van der Waals surface area contributed by atoms with Gasteiger partial charge in [-0.1, -0.05) is 0 Å². The number of amides is 1. The Kier molecular flexibility index (Phi) is 3.01. The summed E-state index contributed by atoms with van der Waals surface area (Å²) in [6.45, 7) is 4.60. The molecule has 2 unspecified atom stereocenters. The van der Waals surface area contributed by atoms with Crippen LogP contribution < -0.4 is 0 Å². The highest BCUT2D eigenvalue weighted by Crippen LogP contribution is 2.54. The van der Waals surface area contributed by atoms with E-state index in [0.717, 1.165) is 24.7 Å². The van der Waals surface area contributed by atoms with E-state index in [1.165, 1.54) is 6.42 Å². The van der Waals surface area contributed by atoms with Crippen molar-refractivity contribution in [2.24, 2.45) is 17.8 Å². The third-order valence-corrected chi connectivity index (χ3v) is 3.84. The third-order valence-electron chi connectivity index (χ3n) is 3.84. The van der Waals surface area contributed by atoms with Crippen LogP contribution in [0.5, 0.6) is 0 Å². The van der Waals surface area contributed by atoms with Crippen molar-refractivity contribution in [3.05, 3.63) is 0 Å². The summed E-state index contributed by atoms with van der Waals surface area (Å²) in [6.07, 6.45) is 3.54. The fourth-order valence-electron chi connectivity index (χ4n) is 2.88. The normalized spacial score (nSPS) is 32.9. The Balaban J connectivity index is 1.91. The second kappa shape index (κ2) is 4.12. The van der Waals surface area contributed by atoms with Gasteiger partial charge < -0.3 is 10.0 Å². The summed E-state index contributed by atoms with van der Waals surface area (Å²) in [6, 6.07) is 0.210. The van der Waals surface area contributed by atoms with Gasteiger partial charge >= 0.3 is 0 Å². The average molecular weight is 211 g/mol. The number of aliphatic hydroxyl groups excluding tert-OH is 1. The highest BCUT2D eigenvalue weighted by atomic mass is 16.3. The third kappa shape index (κ3) is 2.17. The molecule has 0 aromatic carbocycles. The van der Waals surface area contributed by atoms with Gasteiger partial charge in [0.15, 0.2) is 0 Å². The molecule has 86 valence electrons. The largest absolute Gasteiger partial charge is 0.395 e. The van der Waals surface area contributed by atoms with Crippen molar-refractivity contribution in [3.8, 4) is 0 Å². The quantitative estimate of drug-likeness (QED) is 0.760. The van der Waals surface area contributed by atoms with Crippen LogP contribution >= 0.6 is 0 Å². The Bertz CT molecular complexity index is 242. The van der Waals surface area contributed by atoms with E-state index in [9.17, 15) is 4.79 Å². The molecule has 2 aliphatic carbocycles. The molecule has 2 aliphatic rings. The van der Waals surface area contributed by atoms with Crippen molar-refractivity contribution in [3.63, 3.8) is 0 Å². The predicted molar refractivity (Wildman–Crippen MR) is 58.3 cm³/mol. The van der Waals surface area contributed by atoms with Gasteiger partial charge in [0.1, 0.15) is 0 Å². The number of fused-ring (bicyclic) bond motifs is 1. The molecule has 3 heteroatoms. The maximum absolute atomic E-state index is 12.2. The van der Waals surface area contributed by atoms with Crippen molar-refractivity contribution in [2.75, 3.05) is 13.2 Å². The van der Waals surface area contributed by atoms with Crippen LogP contribution in [0.2, 0.25) is 0 Å². The van der Waals surface area contributed by atoms with Crippen molar-refractivity contribution >= 4 is 5.91 Å². The molecule has 2 atom stereocenters. The van der Waals surface area contributed by atoms with Crippen LogP contribution in [0.25, 0.3) is 0 Å². The number of aliphatic hydroxyl groups is 1. The van der Waals surface area contributed by atoms with E-state index in [2.05, 4.69) is 0 Å². The first kappa shape index (κ1) is 10.9. The summed E-state index contributed by atoms with van der Waals surface area (Å²) in [7, 11) is 0. The monoisotopic (exact) mass is 211 g/mol. The highest BCUT2D eigenvalue weighted by Gasteiger charge is 2.48. The van der Waals surface area contributed by atoms with Crippen LogP contribution in [0, 0.1) is 17.8 Å². The van der Waals surface area contributed by atoms with E-state index in [1.54, 1.807) is 0 Å². The Labute approximate surface area is 91.5 Å². The molecule has 1 N–H and O–H groups in total. The number of carbonyl (C=O) groups is 1. The Morgan fingerprint density at radius 1 is 1.33 bits per heavy atom. The van der Waals surface area contributed by atoms with Crippen LogP contribution in [0.3, 0.4) is 0 Å². The van der Waals surface area contributed by atoms with Gasteiger partial charge in [-0.05, 0) is 44.9 Å². The topological polar surface area (TPSA) is 40.5 Å². The number of rotatable bonds is 4. The molecular formula is C12H21NO2. The molecule has 0 bridgehead atoms. The van der Waals surface area contributed by atoms with Gasteiger partial charge in [0.25, 0.3) is 0 Å². The zero-order valence-electron chi connectivity index (χ0n) is 9.65. The molecule has 0 aliphatic heterocycles. The van der Waals surface area contributed by atoms with Gasteiger partial charge in [-0.25, -0.2) is 0 Å². The van der Waals surface area contributed by atoms with Crippen LogP contribution in [0.1, 0.15) is 33.1 Å². The summed E-state index contributed by atoms with van der Waals surface area (Å²) < 4.78 is 0. The molecule has 15 heavy (non-hydrogen) atoms. The summed E-state index contributed by atoms with van der Waals surface area (Å²) in [5.41, 5.74) is 0. The number of hydrogen-bond acceptors (Lipinski definition) is 2. The van der Waals surface area contributed by atoms with Crippen molar-refractivity contribution < 1.29 is 9.90 Å². The zero-order chi connectivity index (χ0) is 11.0. The van der Waals surface area contributed by atoms with Gasteiger partial charge in [0, 0.05) is 18.5 Å². The van der Waals surface area contributed by atoms with E-state index >= 15 is 0 Å².